The minimum Gasteiger partial charge on any atom is -0.497 e. The molecule has 0 spiro atoms. The van der Waals surface area contributed by atoms with E-state index in [4.69, 9.17) is 9.47 Å². The van der Waals surface area contributed by atoms with Gasteiger partial charge in [-0.25, -0.2) is 13.1 Å². The molecule has 27 heavy (non-hydrogen) atoms. The molecule has 0 fully saturated rings. The lowest BCUT2D eigenvalue weighted by molar-refractivity contribution is 0.0242. The molecule has 0 saturated heterocycles. The van der Waals surface area contributed by atoms with Gasteiger partial charge < -0.3 is 14.6 Å². The van der Waals surface area contributed by atoms with Crippen LogP contribution < -0.4 is 14.2 Å². The summed E-state index contributed by atoms with van der Waals surface area (Å²) in [6, 6.07) is 10.5. The second-order valence-electron chi connectivity index (χ2n) is 6.89. The van der Waals surface area contributed by atoms with Crippen molar-refractivity contribution in [1.29, 1.82) is 0 Å². The van der Waals surface area contributed by atoms with Gasteiger partial charge in [0.05, 0.1) is 14.2 Å². The first-order valence-electron chi connectivity index (χ1n) is 8.83. The SMILES string of the molecule is COc1ccc2c(c1)CCCC2(O)CNS(=O)(=O)c1cc(C)ccc1OC. The molecule has 7 heteroatoms. The smallest absolute Gasteiger partial charge is 0.244 e. The zero-order chi connectivity index (χ0) is 19.7. The summed E-state index contributed by atoms with van der Waals surface area (Å²) < 4.78 is 38.7. The molecule has 2 N–H and O–H groups in total. The molecule has 1 aliphatic rings. The summed E-state index contributed by atoms with van der Waals surface area (Å²) in [6.07, 6.45) is 2.08. The Morgan fingerprint density at radius 2 is 1.93 bits per heavy atom. The highest BCUT2D eigenvalue weighted by atomic mass is 32.2. The van der Waals surface area contributed by atoms with Crippen LogP contribution in [-0.4, -0.2) is 34.3 Å². The first kappa shape index (κ1) is 19.7. The lowest BCUT2D eigenvalue weighted by Crippen LogP contribution is -2.43. The maximum absolute atomic E-state index is 12.8. The van der Waals surface area contributed by atoms with Crippen LogP contribution in [0.5, 0.6) is 11.5 Å². The van der Waals surface area contributed by atoms with Crippen molar-refractivity contribution >= 4 is 10.0 Å². The third-order valence-electron chi connectivity index (χ3n) is 5.01. The summed E-state index contributed by atoms with van der Waals surface area (Å²) in [7, 11) is -0.808. The van der Waals surface area contributed by atoms with E-state index >= 15 is 0 Å². The van der Waals surface area contributed by atoms with Crippen molar-refractivity contribution in [2.75, 3.05) is 20.8 Å². The van der Waals surface area contributed by atoms with Gasteiger partial charge in [0.25, 0.3) is 0 Å². The molecule has 2 aromatic carbocycles. The molecule has 0 saturated carbocycles. The molecule has 1 atom stereocenters. The second kappa shape index (κ2) is 7.50. The van der Waals surface area contributed by atoms with Gasteiger partial charge in [-0.05, 0) is 67.1 Å². The van der Waals surface area contributed by atoms with E-state index in [9.17, 15) is 13.5 Å². The number of fused-ring (bicyclic) bond motifs is 1. The van der Waals surface area contributed by atoms with Crippen LogP contribution in [0.1, 0.15) is 29.5 Å². The standard InChI is InChI=1S/C20H25NO5S/c1-14-6-9-18(26-3)19(11-14)27(23,24)21-13-20(22)10-4-5-15-12-16(25-2)7-8-17(15)20/h6-9,11-12,21-22H,4-5,10,13H2,1-3H3. The van der Waals surface area contributed by atoms with Crippen LogP contribution >= 0.6 is 0 Å². The Bertz CT molecular complexity index is 941. The highest BCUT2D eigenvalue weighted by molar-refractivity contribution is 7.89. The third kappa shape index (κ3) is 3.95. The van der Waals surface area contributed by atoms with Gasteiger partial charge in [0, 0.05) is 6.54 Å². The lowest BCUT2D eigenvalue weighted by Gasteiger charge is -2.34. The van der Waals surface area contributed by atoms with E-state index in [1.54, 1.807) is 31.4 Å². The van der Waals surface area contributed by atoms with Crippen molar-refractivity contribution in [3.8, 4) is 11.5 Å². The van der Waals surface area contributed by atoms with E-state index in [1.165, 1.54) is 7.11 Å². The molecule has 0 aliphatic heterocycles. The summed E-state index contributed by atoms with van der Waals surface area (Å²) >= 11 is 0. The Kier molecular flexibility index (Phi) is 5.46. The van der Waals surface area contributed by atoms with Crippen molar-refractivity contribution < 1.29 is 23.0 Å². The van der Waals surface area contributed by atoms with Crippen LogP contribution in [0, 0.1) is 6.92 Å². The summed E-state index contributed by atoms with van der Waals surface area (Å²) in [5, 5.41) is 11.2. The number of methoxy groups -OCH3 is 2. The molecule has 2 aromatic rings. The van der Waals surface area contributed by atoms with Crippen molar-refractivity contribution in [1.82, 2.24) is 4.72 Å². The minimum atomic E-state index is -3.84. The normalized spacial score (nSPS) is 19.4. The van der Waals surface area contributed by atoms with Gasteiger partial charge in [-0.2, -0.15) is 0 Å². The van der Waals surface area contributed by atoms with Crippen molar-refractivity contribution in [3.63, 3.8) is 0 Å². The van der Waals surface area contributed by atoms with Crippen LogP contribution in [0.2, 0.25) is 0 Å². The Labute approximate surface area is 160 Å². The quantitative estimate of drug-likeness (QED) is 0.790. The first-order chi connectivity index (χ1) is 12.8. The zero-order valence-electron chi connectivity index (χ0n) is 15.8. The van der Waals surface area contributed by atoms with Crippen molar-refractivity contribution in [2.24, 2.45) is 0 Å². The summed E-state index contributed by atoms with van der Waals surface area (Å²) in [6.45, 7) is 1.71. The predicted molar refractivity (Wildman–Crippen MR) is 103 cm³/mol. The van der Waals surface area contributed by atoms with Gasteiger partial charge in [-0.15, -0.1) is 0 Å². The fourth-order valence-electron chi connectivity index (χ4n) is 3.53. The number of ether oxygens (including phenoxy) is 2. The van der Waals surface area contributed by atoms with E-state index in [0.29, 0.717) is 6.42 Å². The van der Waals surface area contributed by atoms with E-state index in [-0.39, 0.29) is 17.2 Å². The topological polar surface area (TPSA) is 84.9 Å². The first-order valence-corrected chi connectivity index (χ1v) is 10.3. The zero-order valence-corrected chi connectivity index (χ0v) is 16.6. The van der Waals surface area contributed by atoms with Crippen LogP contribution in [-0.2, 0) is 22.0 Å². The molecule has 146 valence electrons. The van der Waals surface area contributed by atoms with Crippen LogP contribution in [0.3, 0.4) is 0 Å². The van der Waals surface area contributed by atoms with Crippen LogP contribution in [0.4, 0.5) is 0 Å². The Balaban J connectivity index is 1.88. The number of rotatable bonds is 6. The molecule has 0 bridgehead atoms. The number of hydrogen-bond acceptors (Lipinski definition) is 5. The molecule has 0 amide bonds. The minimum absolute atomic E-state index is 0.0689. The average molecular weight is 391 g/mol. The second-order valence-corrected chi connectivity index (χ2v) is 8.62. The molecule has 0 heterocycles. The van der Waals surface area contributed by atoms with E-state index < -0.39 is 15.6 Å². The molecule has 6 nitrogen and oxygen atoms in total. The number of nitrogens with one attached hydrogen (secondary N) is 1. The van der Waals surface area contributed by atoms with E-state index in [2.05, 4.69) is 4.72 Å². The lowest BCUT2D eigenvalue weighted by atomic mass is 9.79. The summed E-state index contributed by atoms with van der Waals surface area (Å²) in [5.74, 6) is 0.997. The molecule has 0 radical (unpaired) electrons. The fraction of sp³-hybridized carbons (Fsp3) is 0.400. The van der Waals surface area contributed by atoms with Gasteiger partial charge in [-0.3, -0.25) is 0 Å². The van der Waals surface area contributed by atoms with Crippen LogP contribution in [0.25, 0.3) is 0 Å². The largest absolute Gasteiger partial charge is 0.497 e. The highest BCUT2D eigenvalue weighted by Gasteiger charge is 2.36. The van der Waals surface area contributed by atoms with Gasteiger partial charge in [0.2, 0.25) is 10.0 Å². The van der Waals surface area contributed by atoms with Crippen molar-refractivity contribution in [3.05, 3.63) is 53.1 Å². The molecular formula is C20H25NO5S. The molecular weight excluding hydrogens is 366 g/mol. The number of aliphatic hydroxyl groups is 1. The number of benzene rings is 2. The number of aryl methyl sites for hydroxylation is 2. The van der Waals surface area contributed by atoms with Gasteiger partial charge in [0.15, 0.2) is 0 Å². The predicted octanol–water partition coefficient (Wildman–Crippen LogP) is 2.51. The van der Waals surface area contributed by atoms with Gasteiger partial charge in [0.1, 0.15) is 22.0 Å². The van der Waals surface area contributed by atoms with E-state index in [0.717, 1.165) is 35.3 Å². The molecule has 3 rings (SSSR count). The Morgan fingerprint density at radius 1 is 1.15 bits per heavy atom. The van der Waals surface area contributed by atoms with Crippen LogP contribution in [0.15, 0.2) is 41.3 Å². The number of hydrogen-bond donors (Lipinski definition) is 2. The average Bonchev–Trinajstić information content (AvgIpc) is 2.66. The number of sulfonamides is 1. The Morgan fingerprint density at radius 3 is 2.63 bits per heavy atom. The highest BCUT2D eigenvalue weighted by Crippen LogP contribution is 2.37. The van der Waals surface area contributed by atoms with Gasteiger partial charge >= 0.3 is 0 Å². The summed E-state index contributed by atoms with van der Waals surface area (Å²) in [5.41, 5.74) is 1.28. The monoisotopic (exact) mass is 391 g/mol. The molecule has 0 aromatic heterocycles. The van der Waals surface area contributed by atoms with Crippen molar-refractivity contribution in [2.45, 2.75) is 36.7 Å². The molecule has 1 aliphatic carbocycles. The van der Waals surface area contributed by atoms with Gasteiger partial charge in [-0.1, -0.05) is 12.1 Å². The maximum Gasteiger partial charge on any atom is 0.244 e. The fourth-order valence-corrected chi connectivity index (χ4v) is 4.88. The third-order valence-corrected chi connectivity index (χ3v) is 6.44. The summed E-state index contributed by atoms with van der Waals surface area (Å²) in [4.78, 5) is 0.0689. The van der Waals surface area contributed by atoms with E-state index in [1.807, 2.05) is 19.1 Å². The molecule has 1 unspecified atom stereocenters. The Hall–Kier alpha value is -2.09. The maximum atomic E-state index is 12.8.